The van der Waals surface area contributed by atoms with Crippen molar-refractivity contribution in [2.45, 2.75) is 57.3 Å². The molecular weight excluding hydrogens is 319 g/mol. The Labute approximate surface area is 112 Å². The van der Waals surface area contributed by atoms with Gasteiger partial charge in [0, 0.05) is 12.8 Å². The number of rotatable bonds is 8. The van der Waals surface area contributed by atoms with Gasteiger partial charge in [0.05, 0.1) is 19.3 Å². The molecule has 1 atom stereocenters. The number of alkyl halides is 1. The Morgan fingerprint density at radius 1 is 1.19 bits per heavy atom. The molecule has 1 aliphatic heterocycles. The summed E-state index contributed by atoms with van der Waals surface area (Å²) in [6.07, 6.45) is 5.90. The van der Waals surface area contributed by atoms with Gasteiger partial charge in [-0.2, -0.15) is 0 Å². The van der Waals surface area contributed by atoms with E-state index in [9.17, 15) is 5.11 Å². The zero-order valence-corrected chi connectivity index (χ0v) is 12.2. The highest BCUT2D eigenvalue weighted by molar-refractivity contribution is 14.1. The lowest BCUT2D eigenvalue weighted by molar-refractivity contribution is -0.169. The molecule has 0 aromatic rings. The maximum atomic E-state index is 9.24. The van der Waals surface area contributed by atoms with Crippen LogP contribution >= 0.6 is 22.6 Å². The van der Waals surface area contributed by atoms with Gasteiger partial charge in [0.25, 0.3) is 0 Å². The topological polar surface area (TPSA) is 38.7 Å². The van der Waals surface area contributed by atoms with Crippen molar-refractivity contribution in [1.82, 2.24) is 0 Å². The first kappa shape index (κ1) is 14.7. The SMILES string of the molecule is CC(O)CCCC1(CCCCI)OCCO1. The van der Waals surface area contributed by atoms with Crippen LogP contribution in [0.25, 0.3) is 0 Å². The summed E-state index contributed by atoms with van der Waals surface area (Å²) in [5.41, 5.74) is 0. The van der Waals surface area contributed by atoms with Crippen molar-refractivity contribution in [3.63, 3.8) is 0 Å². The fraction of sp³-hybridized carbons (Fsp3) is 1.00. The van der Waals surface area contributed by atoms with Crippen LogP contribution in [0.4, 0.5) is 0 Å². The van der Waals surface area contributed by atoms with E-state index >= 15 is 0 Å². The van der Waals surface area contributed by atoms with Gasteiger partial charge in [0.15, 0.2) is 5.79 Å². The van der Waals surface area contributed by atoms with Gasteiger partial charge >= 0.3 is 0 Å². The first-order chi connectivity index (χ1) is 7.68. The van der Waals surface area contributed by atoms with Gasteiger partial charge in [-0.05, 0) is 37.0 Å². The van der Waals surface area contributed by atoms with Gasteiger partial charge in [-0.1, -0.05) is 22.6 Å². The molecule has 1 saturated heterocycles. The zero-order valence-electron chi connectivity index (χ0n) is 10.1. The summed E-state index contributed by atoms with van der Waals surface area (Å²) in [4.78, 5) is 0. The summed E-state index contributed by atoms with van der Waals surface area (Å²) in [6.45, 7) is 3.27. The van der Waals surface area contributed by atoms with E-state index in [4.69, 9.17) is 9.47 Å². The van der Waals surface area contributed by atoms with E-state index < -0.39 is 0 Å². The van der Waals surface area contributed by atoms with Gasteiger partial charge in [-0.15, -0.1) is 0 Å². The second kappa shape index (κ2) is 7.84. The maximum absolute atomic E-state index is 9.24. The van der Waals surface area contributed by atoms with Gasteiger partial charge in [0.1, 0.15) is 0 Å². The van der Waals surface area contributed by atoms with Crippen molar-refractivity contribution in [1.29, 1.82) is 0 Å². The fourth-order valence-electron chi connectivity index (χ4n) is 2.07. The van der Waals surface area contributed by atoms with Crippen LogP contribution in [0.5, 0.6) is 0 Å². The molecule has 3 nitrogen and oxygen atoms in total. The Hall–Kier alpha value is 0.610. The number of hydrogen-bond acceptors (Lipinski definition) is 3. The summed E-state index contributed by atoms with van der Waals surface area (Å²) >= 11 is 2.40. The van der Waals surface area contributed by atoms with Crippen LogP contribution in [0.1, 0.15) is 45.4 Å². The van der Waals surface area contributed by atoms with Gasteiger partial charge in [0.2, 0.25) is 0 Å². The van der Waals surface area contributed by atoms with Crippen molar-refractivity contribution >= 4 is 22.6 Å². The predicted octanol–water partition coefficient (Wildman–Crippen LogP) is 2.89. The number of ether oxygens (including phenoxy) is 2. The standard InChI is InChI=1S/C12H23IO3/c1-11(14)5-4-7-12(6-2-3-8-13)15-9-10-16-12/h11,14H,2-10H2,1H3. The van der Waals surface area contributed by atoms with Crippen LogP contribution in [-0.2, 0) is 9.47 Å². The minimum absolute atomic E-state index is 0.215. The summed E-state index contributed by atoms with van der Waals surface area (Å²) in [5.74, 6) is -0.333. The Bertz CT molecular complexity index is 179. The van der Waals surface area contributed by atoms with Crippen LogP contribution < -0.4 is 0 Å². The predicted molar refractivity (Wildman–Crippen MR) is 72.9 cm³/mol. The molecule has 1 unspecified atom stereocenters. The molecule has 16 heavy (non-hydrogen) atoms. The largest absolute Gasteiger partial charge is 0.393 e. The van der Waals surface area contributed by atoms with E-state index in [0.717, 1.165) is 45.3 Å². The molecule has 0 saturated carbocycles. The van der Waals surface area contributed by atoms with Crippen molar-refractivity contribution in [2.75, 3.05) is 17.6 Å². The highest BCUT2D eigenvalue weighted by atomic mass is 127. The average molecular weight is 342 g/mol. The molecule has 96 valence electrons. The molecule has 1 aliphatic rings. The second-order valence-electron chi connectivity index (χ2n) is 4.49. The molecular formula is C12H23IO3. The Balaban J connectivity index is 2.27. The summed E-state index contributed by atoms with van der Waals surface area (Å²) in [7, 11) is 0. The van der Waals surface area contributed by atoms with E-state index in [1.807, 2.05) is 6.92 Å². The normalized spacial score (nSPS) is 21.2. The van der Waals surface area contributed by atoms with Crippen molar-refractivity contribution in [3.05, 3.63) is 0 Å². The van der Waals surface area contributed by atoms with E-state index in [1.165, 1.54) is 10.8 Å². The minimum Gasteiger partial charge on any atom is -0.393 e. The molecule has 0 amide bonds. The highest BCUT2D eigenvalue weighted by Crippen LogP contribution is 2.31. The van der Waals surface area contributed by atoms with Crippen molar-refractivity contribution < 1.29 is 14.6 Å². The van der Waals surface area contributed by atoms with E-state index in [2.05, 4.69) is 22.6 Å². The van der Waals surface area contributed by atoms with E-state index in [0.29, 0.717) is 0 Å². The van der Waals surface area contributed by atoms with E-state index in [1.54, 1.807) is 0 Å². The van der Waals surface area contributed by atoms with Crippen LogP contribution in [0, 0.1) is 0 Å². The van der Waals surface area contributed by atoms with Crippen molar-refractivity contribution in [2.24, 2.45) is 0 Å². The number of aliphatic hydroxyl groups excluding tert-OH is 1. The van der Waals surface area contributed by atoms with Gasteiger partial charge < -0.3 is 14.6 Å². The summed E-state index contributed by atoms with van der Waals surface area (Å²) < 4.78 is 12.7. The van der Waals surface area contributed by atoms with Crippen LogP contribution in [0.15, 0.2) is 0 Å². The van der Waals surface area contributed by atoms with Crippen LogP contribution in [0.2, 0.25) is 0 Å². The third-order valence-electron chi connectivity index (χ3n) is 2.93. The second-order valence-corrected chi connectivity index (χ2v) is 5.57. The summed E-state index contributed by atoms with van der Waals surface area (Å²) in [5, 5.41) is 9.24. The molecule has 4 heteroatoms. The molecule has 0 bridgehead atoms. The average Bonchev–Trinajstić information content (AvgIpc) is 2.67. The Kier molecular flexibility index (Phi) is 7.19. The smallest absolute Gasteiger partial charge is 0.168 e. The lowest BCUT2D eigenvalue weighted by atomic mass is 10.0. The van der Waals surface area contributed by atoms with E-state index in [-0.39, 0.29) is 11.9 Å². The Morgan fingerprint density at radius 2 is 1.81 bits per heavy atom. The highest BCUT2D eigenvalue weighted by Gasteiger charge is 2.35. The number of hydrogen-bond donors (Lipinski definition) is 1. The lowest BCUT2D eigenvalue weighted by Crippen LogP contribution is -2.30. The van der Waals surface area contributed by atoms with Crippen molar-refractivity contribution in [3.8, 4) is 0 Å². The molecule has 1 N–H and O–H groups in total. The van der Waals surface area contributed by atoms with Gasteiger partial charge in [-0.25, -0.2) is 0 Å². The molecule has 0 aromatic heterocycles. The molecule has 0 aliphatic carbocycles. The third-order valence-corrected chi connectivity index (χ3v) is 3.70. The Morgan fingerprint density at radius 3 is 2.38 bits per heavy atom. The van der Waals surface area contributed by atoms with Gasteiger partial charge in [-0.3, -0.25) is 0 Å². The maximum Gasteiger partial charge on any atom is 0.168 e. The lowest BCUT2D eigenvalue weighted by Gasteiger charge is -2.27. The monoisotopic (exact) mass is 342 g/mol. The number of unbranched alkanes of at least 4 members (excludes halogenated alkanes) is 1. The molecule has 1 heterocycles. The first-order valence-electron chi connectivity index (χ1n) is 6.20. The fourth-order valence-corrected chi connectivity index (χ4v) is 2.61. The molecule has 0 aromatic carbocycles. The molecule has 0 radical (unpaired) electrons. The number of halogens is 1. The van der Waals surface area contributed by atoms with Crippen LogP contribution in [0.3, 0.4) is 0 Å². The molecule has 1 rings (SSSR count). The molecule has 0 spiro atoms. The molecule has 1 fully saturated rings. The third kappa shape index (κ3) is 5.29. The first-order valence-corrected chi connectivity index (χ1v) is 7.73. The minimum atomic E-state index is -0.333. The zero-order chi connectivity index (χ0) is 11.9. The quantitative estimate of drug-likeness (QED) is 0.419. The summed E-state index contributed by atoms with van der Waals surface area (Å²) in [6, 6.07) is 0. The number of aliphatic hydroxyl groups is 1. The van der Waals surface area contributed by atoms with Crippen LogP contribution in [-0.4, -0.2) is 34.6 Å².